The molecule has 1 N–H and O–H groups in total. The van der Waals surface area contributed by atoms with Crippen LogP contribution >= 0.6 is 0 Å². The Bertz CT molecular complexity index is 629. The number of likely N-dealkylation sites (tertiary alicyclic amines) is 1. The van der Waals surface area contributed by atoms with E-state index in [9.17, 15) is 14.4 Å². The smallest absolute Gasteiger partial charge is 0.330 e. The third kappa shape index (κ3) is 6.06. The first-order valence-corrected chi connectivity index (χ1v) is 8.65. The molecule has 1 aliphatic heterocycles. The molecule has 25 heavy (non-hydrogen) atoms. The fraction of sp³-hybridized carbons (Fsp3) is 0.421. The molecule has 6 heteroatoms. The summed E-state index contributed by atoms with van der Waals surface area (Å²) in [4.78, 5) is 37.3. The molecule has 0 atom stereocenters. The summed E-state index contributed by atoms with van der Waals surface area (Å²) in [5, 5.41) is 2.64. The highest BCUT2D eigenvalue weighted by atomic mass is 16.5. The Hall–Kier alpha value is -2.63. The monoisotopic (exact) mass is 344 g/mol. The van der Waals surface area contributed by atoms with Crippen molar-refractivity contribution in [2.45, 2.75) is 32.6 Å². The lowest BCUT2D eigenvalue weighted by Crippen LogP contribution is -2.31. The molecule has 0 aliphatic carbocycles. The van der Waals surface area contributed by atoms with E-state index < -0.39 is 11.9 Å². The topological polar surface area (TPSA) is 75.7 Å². The van der Waals surface area contributed by atoms with Gasteiger partial charge in [0.25, 0.3) is 5.91 Å². The number of nitrogens with one attached hydrogen (secondary N) is 1. The second-order valence-electron chi connectivity index (χ2n) is 5.86. The molecule has 1 aliphatic rings. The molecule has 0 bridgehead atoms. The lowest BCUT2D eigenvalue weighted by atomic mass is 10.1. The van der Waals surface area contributed by atoms with Crippen LogP contribution in [0, 0.1) is 0 Å². The van der Waals surface area contributed by atoms with Crippen molar-refractivity contribution in [3.05, 3.63) is 42.0 Å². The summed E-state index contributed by atoms with van der Waals surface area (Å²) in [6.07, 6.45) is 6.64. The van der Waals surface area contributed by atoms with Gasteiger partial charge in [0.1, 0.15) is 0 Å². The molecule has 0 spiro atoms. The van der Waals surface area contributed by atoms with Gasteiger partial charge < -0.3 is 15.0 Å². The van der Waals surface area contributed by atoms with E-state index in [1.807, 2.05) is 4.90 Å². The van der Waals surface area contributed by atoms with Gasteiger partial charge in [0.05, 0.1) is 6.61 Å². The number of benzene rings is 1. The minimum atomic E-state index is -0.559. The SMILES string of the molecule is CCOC(=O)/C=C/C(=O)Nc1ccc(C(=O)N2CCCCCC2)cc1. The molecule has 1 fully saturated rings. The fourth-order valence-electron chi connectivity index (χ4n) is 2.67. The second kappa shape index (κ2) is 9.61. The number of hydrogen-bond donors (Lipinski definition) is 1. The van der Waals surface area contributed by atoms with Crippen LogP contribution < -0.4 is 5.32 Å². The van der Waals surface area contributed by atoms with Gasteiger partial charge in [-0.3, -0.25) is 9.59 Å². The quantitative estimate of drug-likeness (QED) is 0.658. The lowest BCUT2D eigenvalue weighted by Gasteiger charge is -2.20. The van der Waals surface area contributed by atoms with Crippen LogP contribution in [0.3, 0.4) is 0 Å². The van der Waals surface area contributed by atoms with Crippen LogP contribution in [0.1, 0.15) is 43.0 Å². The number of carbonyl (C=O) groups is 3. The summed E-state index contributed by atoms with van der Waals surface area (Å²) in [6.45, 7) is 3.56. The average Bonchev–Trinajstić information content (AvgIpc) is 2.90. The minimum Gasteiger partial charge on any atom is -0.463 e. The van der Waals surface area contributed by atoms with Crippen LogP contribution in [0.5, 0.6) is 0 Å². The molecule has 1 aromatic carbocycles. The van der Waals surface area contributed by atoms with E-state index in [1.165, 1.54) is 12.8 Å². The van der Waals surface area contributed by atoms with Crippen molar-refractivity contribution in [3.63, 3.8) is 0 Å². The van der Waals surface area contributed by atoms with Crippen molar-refractivity contribution in [2.75, 3.05) is 25.0 Å². The molecule has 6 nitrogen and oxygen atoms in total. The van der Waals surface area contributed by atoms with Gasteiger partial charge >= 0.3 is 5.97 Å². The zero-order valence-corrected chi connectivity index (χ0v) is 14.5. The Balaban J connectivity index is 1.91. The van der Waals surface area contributed by atoms with Crippen LogP contribution in [-0.2, 0) is 14.3 Å². The Labute approximate surface area is 147 Å². The third-order valence-electron chi connectivity index (χ3n) is 3.95. The maximum atomic E-state index is 12.5. The first-order valence-electron chi connectivity index (χ1n) is 8.65. The van der Waals surface area contributed by atoms with E-state index in [1.54, 1.807) is 31.2 Å². The normalized spacial score (nSPS) is 14.8. The first-order chi connectivity index (χ1) is 12.1. The molecular weight excluding hydrogens is 320 g/mol. The van der Waals surface area contributed by atoms with Crippen molar-refractivity contribution in [2.24, 2.45) is 0 Å². The predicted octanol–water partition coefficient (Wildman–Crippen LogP) is 2.76. The number of rotatable bonds is 5. The summed E-state index contributed by atoms with van der Waals surface area (Å²) in [7, 11) is 0. The molecule has 2 rings (SSSR count). The van der Waals surface area contributed by atoms with E-state index in [2.05, 4.69) is 5.32 Å². The van der Waals surface area contributed by atoms with E-state index in [-0.39, 0.29) is 12.5 Å². The van der Waals surface area contributed by atoms with E-state index in [0.29, 0.717) is 11.3 Å². The summed E-state index contributed by atoms with van der Waals surface area (Å²) in [5.41, 5.74) is 1.17. The molecule has 1 aromatic rings. The first kappa shape index (κ1) is 18.7. The maximum Gasteiger partial charge on any atom is 0.330 e. The zero-order chi connectivity index (χ0) is 18.1. The average molecular weight is 344 g/mol. The van der Waals surface area contributed by atoms with Crippen LogP contribution in [-0.4, -0.2) is 42.4 Å². The second-order valence-corrected chi connectivity index (χ2v) is 5.86. The van der Waals surface area contributed by atoms with Crippen molar-refractivity contribution in [1.29, 1.82) is 0 Å². The third-order valence-corrected chi connectivity index (χ3v) is 3.95. The van der Waals surface area contributed by atoms with Crippen molar-refractivity contribution < 1.29 is 19.1 Å². The number of nitrogens with zero attached hydrogens (tertiary/aromatic N) is 1. The van der Waals surface area contributed by atoms with Crippen LogP contribution in [0.25, 0.3) is 0 Å². The number of esters is 1. The number of anilines is 1. The van der Waals surface area contributed by atoms with E-state index in [0.717, 1.165) is 38.1 Å². The van der Waals surface area contributed by atoms with E-state index in [4.69, 9.17) is 4.74 Å². The molecule has 134 valence electrons. The van der Waals surface area contributed by atoms with Gasteiger partial charge in [-0.25, -0.2) is 4.79 Å². The van der Waals surface area contributed by atoms with Gasteiger partial charge in [0.2, 0.25) is 5.91 Å². The zero-order valence-electron chi connectivity index (χ0n) is 14.5. The van der Waals surface area contributed by atoms with Gasteiger partial charge in [-0.1, -0.05) is 12.8 Å². The van der Waals surface area contributed by atoms with Crippen LogP contribution in [0.15, 0.2) is 36.4 Å². The Kier molecular flexibility index (Phi) is 7.19. The van der Waals surface area contributed by atoms with E-state index >= 15 is 0 Å². The van der Waals surface area contributed by atoms with Gasteiger partial charge in [-0.15, -0.1) is 0 Å². The Morgan fingerprint density at radius 3 is 2.28 bits per heavy atom. The summed E-state index contributed by atoms with van der Waals surface area (Å²) >= 11 is 0. The van der Waals surface area contributed by atoms with Gasteiger partial charge in [0.15, 0.2) is 0 Å². The van der Waals surface area contributed by atoms with Crippen LogP contribution in [0.4, 0.5) is 5.69 Å². The molecular formula is C19H24N2O4. The standard InChI is InChI=1S/C19H24N2O4/c1-2-25-18(23)12-11-17(22)20-16-9-7-15(8-10-16)19(24)21-13-5-3-4-6-14-21/h7-12H,2-6,13-14H2,1H3,(H,20,22)/b12-11+. The molecule has 1 heterocycles. The Morgan fingerprint density at radius 2 is 1.68 bits per heavy atom. The van der Waals surface area contributed by atoms with Gasteiger partial charge in [-0.05, 0) is 44.0 Å². The fourth-order valence-corrected chi connectivity index (χ4v) is 2.67. The van der Waals surface area contributed by atoms with Crippen molar-refractivity contribution in [1.82, 2.24) is 4.90 Å². The van der Waals surface area contributed by atoms with Crippen molar-refractivity contribution >= 4 is 23.5 Å². The molecule has 1 saturated heterocycles. The highest BCUT2D eigenvalue weighted by Gasteiger charge is 2.17. The Morgan fingerprint density at radius 1 is 1.04 bits per heavy atom. The number of ether oxygens (including phenoxy) is 1. The minimum absolute atomic E-state index is 0.0296. The molecule has 0 unspecified atom stereocenters. The van der Waals surface area contributed by atoms with Gasteiger partial charge in [-0.2, -0.15) is 0 Å². The molecule has 2 amide bonds. The highest BCUT2D eigenvalue weighted by molar-refractivity contribution is 6.03. The van der Waals surface area contributed by atoms with Gasteiger partial charge in [0, 0.05) is 36.5 Å². The molecule has 0 radical (unpaired) electrons. The maximum absolute atomic E-state index is 12.5. The number of carbonyl (C=O) groups excluding carboxylic acids is 3. The summed E-state index contributed by atoms with van der Waals surface area (Å²) < 4.78 is 4.70. The van der Waals surface area contributed by atoms with Crippen LogP contribution in [0.2, 0.25) is 0 Å². The lowest BCUT2D eigenvalue weighted by molar-refractivity contribution is -0.137. The predicted molar refractivity (Wildman–Crippen MR) is 95.2 cm³/mol. The number of amides is 2. The molecule has 0 aromatic heterocycles. The summed E-state index contributed by atoms with van der Waals surface area (Å²) in [5.74, 6) is -0.960. The largest absolute Gasteiger partial charge is 0.463 e. The summed E-state index contributed by atoms with van der Waals surface area (Å²) in [6, 6.07) is 6.78. The number of hydrogen-bond acceptors (Lipinski definition) is 4. The van der Waals surface area contributed by atoms with Crippen molar-refractivity contribution in [3.8, 4) is 0 Å². The highest BCUT2D eigenvalue weighted by Crippen LogP contribution is 2.15. The molecule has 0 saturated carbocycles.